The average molecular weight is 467 g/mol. The van der Waals surface area contributed by atoms with E-state index in [0.717, 1.165) is 38.9 Å². The van der Waals surface area contributed by atoms with Crippen molar-refractivity contribution in [1.82, 2.24) is 14.8 Å². The highest BCUT2D eigenvalue weighted by atomic mass is 16.2. The maximum absolute atomic E-state index is 13.5. The summed E-state index contributed by atoms with van der Waals surface area (Å²) in [7, 11) is 2.02. The molecule has 0 saturated heterocycles. The number of amides is 3. The van der Waals surface area contributed by atoms with E-state index >= 15 is 0 Å². The summed E-state index contributed by atoms with van der Waals surface area (Å²) in [6.07, 6.45) is 0. The van der Waals surface area contributed by atoms with E-state index < -0.39 is 17.9 Å². The number of hydrogen-bond donors (Lipinski definition) is 2. The molecule has 0 radical (unpaired) electrons. The van der Waals surface area contributed by atoms with Gasteiger partial charge in [-0.25, -0.2) is 0 Å². The number of carbonyl (C=O) groups is 3. The van der Waals surface area contributed by atoms with E-state index in [2.05, 4.69) is 46.3 Å². The predicted octanol–water partition coefficient (Wildman–Crippen LogP) is 3.30. The lowest BCUT2D eigenvalue weighted by molar-refractivity contribution is -0.125. The van der Waals surface area contributed by atoms with Gasteiger partial charge in [-0.2, -0.15) is 0 Å². The quantitative estimate of drug-likeness (QED) is 0.456. The van der Waals surface area contributed by atoms with Crippen LogP contribution in [0.5, 0.6) is 0 Å². The van der Waals surface area contributed by atoms with E-state index in [4.69, 9.17) is 5.73 Å². The molecule has 0 unspecified atom stereocenters. The number of primary amides is 1. The fourth-order valence-corrected chi connectivity index (χ4v) is 5.00. The molecule has 0 saturated carbocycles. The van der Waals surface area contributed by atoms with Crippen molar-refractivity contribution in [2.45, 2.75) is 13.0 Å². The van der Waals surface area contributed by atoms with Crippen LogP contribution in [0.15, 0.2) is 72.8 Å². The van der Waals surface area contributed by atoms with Crippen molar-refractivity contribution >= 4 is 28.6 Å². The number of fused-ring (bicyclic) bond motifs is 2. The molecular weight excluding hydrogens is 440 g/mol. The molecule has 3 amide bonds. The van der Waals surface area contributed by atoms with Gasteiger partial charge in [-0.3, -0.25) is 14.4 Å². The molecule has 1 aliphatic rings. The summed E-state index contributed by atoms with van der Waals surface area (Å²) in [6, 6.07) is 23.4. The fourth-order valence-electron chi connectivity index (χ4n) is 5.00. The molecule has 0 spiro atoms. The number of nitrogens with zero attached hydrogens (tertiary/aromatic N) is 2. The van der Waals surface area contributed by atoms with Crippen molar-refractivity contribution in [3.05, 3.63) is 95.1 Å². The fraction of sp³-hybridized carbons (Fsp3) is 0.179. The molecule has 35 heavy (non-hydrogen) atoms. The summed E-state index contributed by atoms with van der Waals surface area (Å²) >= 11 is 0. The number of hydrogen-bond acceptors (Lipinski definition) is 3. The number of nitrogens with two attached hydrogens (primary N) is 1. The highest BCUT2D eigenvalue weighted by Gasteiger charge is 2.41. The molecule has 1 aliphatic heterocycles. The Morgan fingerprint density at radius 2 is 1.66 bits per heavy atom. The first-order chi connectivity index (χ1) is 16.9. The second-order valence-electron chi connectivity index (χ2n) is 8.87. The average Bonchev–Trinajstić information content (AvgIpc) is 3.29. The monoisotopic (exact) mass is 466 g/mol. The maximum atomic E-state index is 13.5. The maximum Gasteiger partial charge on any atom is 0.255 e. The van der Waals surface area contributed by atoms with Gasteiger partial charge in [-0.1, -0.05) is 66.2 Å². The Hall–Kier alpha value is -4.39. The van der Waals surface area contributed by atoms with Gasteiger partial charge in [-0.05, 0) is 30.2 Å². The van der Waals surface area contributed by atoms with Crippen molar-refractivity contribution in [1.29, 1.82) is 0 Å². The minimum atomic E-state index is -0.637. The van der Waals surface area contributed by atoms with Crippen molar-refractivity contribution in [2.75, 3.05) is 13.1 Å². The normalized spacial score (nSPS) is 14.9. The molecule has 176 valence electrons. The van der Waals surface area contributed by atoms with Crippen LogP contribution in [0.1, 0.15) is 33.1 Å². The molecule has 5 rings (SSSR count). The molecule has 3 aromatic carbocycles. The number of carbonyl (C=O) groups excluding carboxylic acids is 3. The third-order valence-electron chi connectivity index (χ3n) is 6.58. The van der Waals surface area contributed by atoms with Crippen LogP contribution in [0.4, 0.5) is 0 Å². The van der Waals surface area contributed by atoms with Gasteiger partial charge < -0.3 is 20.5 Å². The first kappa shape index (κ1) is 22.4. The number of benzene rings is 3. The van der Waals surface area contributed by atoms with Crippen LogP contribution in [-0.4, -0.2) is 40.3 Å². The highest BCUT2D eigenvalue weighted by molar-refractivity contribution is 6.04. The zero-order chi connectivity index (χ0) is 24.7. The Morgan fingerprint density at radius 1 is 0.971 bits per heavy atom. The van der Waals surface area contributed by atoms with E-state index in [1.165, 1.54) is 0 Å². The van der Waals surface area contributed by atoms with Gasteiger partial charge in [0.1, 0.15) is 6.54 Å². The highest BCUT2D eigenvalue weighted by Crippen LogP contribution is 2.46. The van der Waals surface area contributed by atoms with Crippen LogP contribution in [0.25, 0.3) is 22.2 Å². The van der Waals surface area contributed by atoms with E-state index in [1.54, 1.807) is 11.0 Å². The van der Waals surface area contributed by atoms with Crippen molar-refractivity contribution in [2.24, 2.45) is 12.8 Å². The molecule has 0 bridgehead atoms. The summed E-state index contributed by atoms with van der Waals surface area (Å²) in [5, 5.41) is 3.53. The Labute approximate surface area is 203 Å². The Balaban J connectivity index is 1.72. The third-order valence-corrected chi connectivity index (χ3v) is 6.58. The number of aromatic nitrogens is 1. The molecular formula is C28H26N4O3. The zero-order valence-electron chi connectivity index (χ0n) is 19.6. The second-order valence-corrected chi connectivity index (χ2v) is 8.87. The van der Waals surface area contributed by atoms with Crippen LogP contribution >= 0.6 is 0 Å². The summed E-state index contributed by atoms with van der Waals surface area (Å²) < 4.78 is 2.14. The molecule has 7 heteroatoms. The van der Waals surface area contributed by atoms with E-state index in [-0.39, 0.29) is 19.0 Å². The number of rotatable bonds is 6. The second kappa shape index (κ2) is 8.76. The van der Waals surface area contributed by atoms with Gasteiger partial charge >= 0.3 is 0 Å². The van der Waals surface area contributed by atoms with Gasteiger partial charge in [0.05, 0.1) is 18.3 Å². The zero-order valence-corrected chi connectivity index (χ0v) is 19.6. The lowest BCUT2D eigenvalue weighted by atomic mass is 9.93. The predicted molar refractivity (Wildman–Crippen MR) is 135 cm³/mol. The number of aryl methyl sites for hydroxylation is 2. The first-order valence-electron chi connectivity index (χ1n) is 11.5. The van der Waals surface area contributed by atoms with Crippen molar-refractivity contribution in [3.8, 4) is 11.3 Å². The van der Waals surface area contributed by atoms with Crippen LogP contribution in [0.3, 0.4) is 0 Å². The lowest BCUT2D eigenvalue weighted by Gasteiger charge is -2.26. The van der Waals surface area contributed by atoms with Crippen molar-refractivity contribution in [3.63, 3.8) is 0 Å². The summed E-state index contributed by atoms with van der Waals surface area (Å²) in [5.74, 6) is -1.30. The van der Waals surface area contributed by atoms with Gasteiger partial charge in [0.25, 0.3) is 5.91 Å². The first-order valence-corrected chi connectivity index (χ1v) is 11.5. The molecule has 1 aromatic heterocycles. The molecule has 2 heterocycles. The van der Waals surface area contributed by atoms with E-state index in [0.29, 0.717) is 5.56 Å². The molecule has 4 aromatic rings. The Kier molecular flexibility index (Phi) is 5.61. The van der Waals surface area contributed by atoms with Crippen molar-refractivity contribution < 1.29 is 14.4 Å². The minimum Gasteiger partial charge on any atom is -0.368 e. The molecule has 0 fully saturated rings. The van der Waals surface area contributed by atoms with Gasteiger partial charge in [0.2, 0.25) is 11.8 Å². The molecule has 7 nitrogen and oxygen atoms in total. The Morgan fingerprint density at radius 3 is 2.40 bits per heavy atom. The summed E-state index contributed by atoms with van der Waals surface area (Å²) in [4.78, 5) is 39.0. The Bertz CT molecular complexity index is 1470. The van der Waals surface area contributed by atoms with Crippen LogP contribution < -0.4 is 11.1 Å². The van der Waals surface area contributed by atoms with E-state index in [9.17, 15) is 14.4 Å². The summed E-state index contributed by atoms with van der Waals surface area (Å²) in [5.41, 5.74) is 11.8. The van der Waals surface area contributed by atoms with Crippen LogP contribution in [-0.2, 0) is 16.6 Å². The van der Waals surface area contributed by atoms with Gasteiger partial charge in [0.15, 0.2) is 0 Å². The smallest absolute Gasteiger partial charge is 0.255 e. The van der Waals surface area contributed by atoms with Gasteiger partial charge in [0, 0.05) is 29.1 Å². The van der Waals surface area contributed by atoms with Crippen LogP contribution in [0, 0.1) is 6.92 Å². The lowest BCUT2D eigenvalue weighted by Crippen LogP contribution is -2.42. The summed E-state index contributed by atoms with van der Waals surface area (Å²) in [6.45, 7) is 1.58. The standard InChI is InChI=1S/C28H26N4O3/c1-17-11-13-18(14-12-17)26-25(21-9-5-6-10-22(21)31(26)2)27-19-7-3-4-8-20(19)28(35)32(27)16-24(34)30-15-23(29)33/h3-14,27H,15-16H2,1-2H3,(H2,29,33)(H,30,34)/t27-/m1/s1. The number of para-hydroxylation sites is 1. The molecule has 3 N–H and O–H groups in total. The SMILES string of the molecule is Cc1ccc(-c2c([C@H]3c4ccccc4C(=O)N3CC(=O)NCC(N)=O)c3ccccc3n2C)cc1. The van der Waals surface area contributed by atoms with Gasteiger partial charge in [-0.15, -0.1) is 0 Å². The molecule has 0 aliphatic carbocycles. The number of nitrogens with one attached hydrogen (secondary N) is 1. The minimum absolute atomic E-state index is 0.192. The largest absolute Gasteiger partial charge is 0.368 e. The third kappa shape index (κ3) is 3.85. The van der Waals surface area contributed by atoms with Crippen LogP contribution in [0.2, 0.25) is 0 Å². The molecule has 1 atom stereocenters. The van der Waals surface area contributed by atoms with E-state index in [1.807, 2.05) is 44.3 Å². The topological polar surface area (TPSA) is 97.4 Å².